The van der Waals surface area contributed by atoms with Gasteiger partial charge in [-0.2, -0.15) is 0 Å². The summed E-state index contributed by atoms with van der Waals surface area (Å²) in [6.45, 7) is 2.39. The van der Waals surface area contributed by atoms with Crippen molar-refractivity contribution in [3.05, 3.63) is 20.8 Å². The van der Waals surface area contributed by atoms with E-state index >= 15 is 0 Å². The summed E-state index contributed by atoms with van der Waals surface area (Å²) in [7, 11) is 0. The Hall–Kier alpha value is -2.09. The molecule has 160 valence electrons. The van der Waals surface area contributed by atoms with Crippen molar-refractivity contribution in [3.63, 3.8) is 0 Å². The smallest absolute Gasteiger partial charge is 0.332 e. The highest BCUT2D eigenvalue weighted by Gasteiger charge is 2.61. The molecule has 0 spiro atoms. The van der Waals surface area contributed by atoms with Crippen LogP contribution in [0.5, 0.6) is 0 Å². The van der Waals surface area contributed by atoms with E-state index in [1.54, 1.807) is 0 Å². The van der Waals surface area contributed by atoms with Gasteiger partial charge in [-0.25, -0.2) is 4.79 Å². The van der Waals surface area contributed by atoms with Gasteiger partial charge in [0.25, 0.3) is 5.56 Å². The van der Waals surface area contributed by atoms with E-state index in [0.29, 0.717) is 30.6 Å². The van der Waals surface area contributed by atoms with E-state index in [-0.39, 0.29) is 42.5 Å². The van der Waals surface area contributed by atoms with Crippen LogP contribution >= 0.6 is 0 Å². The number of carbonyl (C=O) groups excluding carboxylic acids is 1. The van der Waals surface area contributed by atoms with Crippen LogP contribution in [-0.4, -0.2) is 26.8 Å². The molecule has 0 radical (unpaired) electrons. The molecule has 8 heteroatoms. The zero-order chi connectivity index (χ0) is 20.8. The summed E-state index contributed by atoms with van der Waals surface area (Å²) in [6, 6.07) is 0. The molecule has 1 heterocycles. The highest BCUT2D eigenvalue weighted by Crippen LogP contribution is 2.65. The average molecular weight is 405 g/mol. The number of rotatable bonds is 8. The molecule has 0 aliphatic heterocycles. The molecule has 4 aliphatic rings. The molecule has 4 aliphatic carbocycles. The number of nitrogens with zero attached hydrogens (tertiary/aromatic N) is 2. The fourth-order valence-corrected chi connectivity index (χ4v) is 6.20. The third-order valence-corrected chi connectivity index (χ3v) is 7.42. The lowest BCUT2D eigenvalue weighted by Gasteiger charge is -2.31. The number of aromatic nitrogens is 2. The van der Waals surface area contributed by atoms with Crippen LogP contribution in [0.4, 0.5) is 11.5 Å². The topological polar surface area (TPSA) is 119 Å². The van der Waals surface area contributed by atoms with E-state index in [2.05, 4.69) is 5.32 Å². The van der Waals surface area contributed by atoms with Crippen molar-refractivity contribution in [1.29, 1.82) is 0 Å². The van der Waals surface area contributed by atoms with Crippen molar-refractivity contribution >= 4 is 17.4 Å². The maximum Gasteiger partial charge on any atom is 0.332 e. The number of aliphatic hydroxyl groups is 1. The van der Waals surface area contributed by atoms with Crippen LogP contribution in [0, 0.1) is 23.2 Å². The molecule has 1 amide bonds. The van der Waals surface area contributed by atoms with E-state index in [1.807, 2.05) is 6.92 Å². The average Bonchev–Trinajstić information content (AvgIpc) is 3.10. The summed E-state index contributed by atoms with van der Waals surface area (Å²) in [4.78, 5) is 39.2. The first-order chi connectivity index (χ1) is 13.9. The third-order valence-electron chi connectivity index (χ3n) is 7.42. The second-order valence-electron chi connectivity index (χ2n) is 9.24. The van der Waals surface area contributed by atoms with Crippen molar-refractivity contribution in [2.24, 2.45) is 23.2 Å². The van der Waals surface area contributed by atoms with E-state index < -0.39 is 11.2 Å². The van der Waals surface area contributed by atoms with Gasteiger partial charge in [0, 0.05) is 19.7 Å². The normalized spacial score (nSPS) is 29.5. The van der Waals surface area contributed by atoms with Crippen molar-refractivity contribution in [3.8, 4) is 0 Å². The van der Waals surface area contributed by atoms with E-state index in [9.17, 15) is 14.4 Å². The van der Waals surface area contributed by atoms with Gasteiger partial charge in [0.1, 0.15) is 11.5 Å². The number of nitrogen functional groups attached to an aromatic ring is 1. The Morgan fingerprint density at radius 1 is 1.14 bits per heavy atom. The van der Waals surface area contributed by atoms with Gasteiger partial charge in [0.05, 0.1) is 5.41 Å². The van der Waals surface area contributed by atoms with Crippen LogP contribution < -0.4 is 22.3 Å². The second kappa shape index (κ2) is 7.63. The van der Waals surface area contributed by atoms with Gasteiger partial charge < -0.3 is 16.2 Å². The summed E-state index contributed by atoms with van der Waals surface area (Å²) >= 11 is 0. The van der Waals surface area contributed by atoms with Crippen LogP contribution in [0.25, 0.3) is 0 Å². The first-order valence-corrected chi connectivity index (χ1v) is 11.0. The zero-order valence-electron chi connectivity index (χ0n) is 17.2. The molecule has 1 aromatic rings. The van der Waals surface area contributed by atoms with Gasteiger partial charge >= 0.3 is 5.69 Å². The van der Waals surface area contributed by atoms with E-state index in [4.69, 9.17) is 10.8 Å². The summed E-state index contributed by atoms with van der Waals surface area (Å²) in [5, 5.41) is 12.0. The molecule has 5 rings (SSSR count). The monoisotopic (exact) mass is 404 g/mol. The number of hydrogen-bond donors (Lipinski definition) is 3. The molecule has 8 nitrogen and oxygen atoms in total. The standard InChI is InChI=1S/C21H32N4O4/c1-2-3-5-25-18(27)16(17(22)24(20(25)29)6-4-7-26)23-19(28)21-11-13-8-14(12-21)10-15(21)9-13/h13-15,26H,2-12,22H2,1H3,(H,23,28). The number of unbranched alkanes of at least 4 members (excludes halogenated alkanes) is 1. The number of carbonyl (C=O) groups is 1. The molecule has 2 unspecified atom stereocenters. The maximum atomic E-state index is 13.4. The molecule has 1 aromatic heterocycles. The fraction of sp³-hybridized carbons (Fsp3) is 0.762. The Bertz CT molecular complexity index is 904. The van der Waals surface area contributed by atoms with Gasteiger partial charge in [-0.1, -0.05) is 13.3 Å². The minimum Gasteiger partial charge on any atom is -0.396 e. The molecule has 4 saturated carbocycles. The number of aliphatic hydroxyl groups excluding tert-OH is 1. The van der Waals surface area contributed by atoms with Gasteiger partial charge in [0.15, 0.2) is 0 Å². The molecule has 0 saturated heterocycles. The Labute approximate surface area is 170 Å². The predicted octanol–water partition coefficient (Wildman–Crippen LogP) is 1.54. The van der Waals surface area contributed by atoms with Crippen LogP contribution in [0.2, 0.25) is 0 Å². The molecular formula is C21H32N4O4. The van der Waals surface area contributed by atoms with Gasteiger partial charge in [-0.3, -0.25) is 18.7 Å². The van der Waals surface area contributed by atoms with Crippen LogP contribution in [-0.2, 0) is 17.9 Å². The third kappa shape index (κ3) is 3.21. The molecule has 4 bridgehead atoms. The quantitative estimate of drug-likeness (QED) is 0.607. The predicted molar refractivity (Wildman–Crippen MR) is 111 cm³/mol. The zero-order valence-corrected chi connectivity index (χ0v) is 17.2. The van der Waals surface area contributed by atoms with Crippen LogP contribution in [0.15, 0.2) is 9.59 Å². The van der Waals surface area contributed by atoms with Crippen molar-refractivity contribution in [1.82, 2.24) is 9.13 Å². The highest BCUT2D eigenvalue weighted by molar-refractivity contribution is 5.98. The van der Waals surface area contributed by atoms with Crippen LogP contribution in [0.1, 0.15) is 58.3 Å². The molecule has 4 fully saturated rings. The van der Waals surface area contributed by atoms with Crippen molar-refractivity contribution in [2.45, 2.75) is 71.4 Å². The summed E-state index contributed by atoms with van der Waals surface area (Å²) in [5.41, 5.74) is 4.83. The number of nitrogens with two attached hydrogens (primary N) is 1. The molecule has 4 N–H and O–H groups in total. The lowest BCUT2D eigenvalue weighted by atomic mass is 9.75. The van der Waals surface area contributed by atoms with Crippen molar-refractivity contribution < 1.29 is 9.90 Å². The highest BCUT2D eigenvalue weighted by atomic mass is 16.3. The largest absolute Gasteiger partial charge is 0.396 e. The summed E-state index contributed by atoms with van der Waals surface area (Å²) < 4.78 is 2.47. The second-order valence-corrected chi connectivity index (χ2v) is 9.24. The lowest BCUT2D eigenvalue weighted by molar-refractivity contribution is -0.127. The minimum atomic E-state index is -0.524. The number of anilines is 2. The maximum absolute atomic E-state index is 13.4. The number of amides is 1. The summed E-state index contributed by atoms with van der Waals surface area (Å²) in [5.74, 6) is 1.52. The molecule has 0 aromatic carbocycles. The molecule has 2 atom stereocenters. The Morgan fingerprint density at radius 2 is 1.79 bits per heavy atom. The Morgan fingerprint density at radius 3 is 2.41 bits per heavy atom. The summed E-state index contributed by atoms with van der Waals surface area (Å²) in [6.07, 6.45) is 7.10. The first-order valence-electron chi connectivity index (χ1n) is 11.0. The SMILES string of the molecule is CCCCn1c(=O)c(NC(=O)C23CC4CC(CC2C4)C3)c(N)n(CCCO)c1=O. The lowest BCUT2D eigenvalue weighted by Crippen LogP contribution is -2.45. The van der Waals surface area contributed by atoms with Gasteiger partial charge in [-0.15, -0.1) is 0 Å². The Kier molecular flexibility index (Phi) is 5.31. The van der Waals surface area contributed by atoms with Gasteiger partial charge in [-0.05, 0) is 62.7 Å². The van der Waals surface area contributed by atoms with Crippen molar-refractivity contribution in [2.75, 3.05) is 17.7 Å². The van der Waals surface area contributed by atoms with E-state index in [0.717, 1.165) is 32.1 Å². The number of hydrogen-bond acceptors (Lipinski definition) is 5. The Balaban J connectivity index is 1.70. The fourth-order valence-electron chi connectivity index (χ4n) is 6.20. The van der Waals surface area contributed by atoms with E-state index in [1.165, 1.54) is 15.6 Å². The first kappa shape index (κ1) is 20.2. The number of nitrogens with one attached hydrogen (secondary N) is 1. The minimum absolute atomic E-state index is 0.0105. The van der Waals surface area contributed by atoms with Gasteiger partial charge in [0.2, 0.25) is 5.91 Å². The molecular weight excluding hydrogens is 372 g/mol. The molecule has 29 heavy (non-hydrogen) atoms. The van der Waals surface area contributed by atoms with Crippen LogP contribution in [0.3, 0.4) is 0 Å².